The average Bonchev–Trinajstić information content (AvgIpc) is 2.76. The second-order valence-corrected chi connectivity index (χ2v) is 4.36. The van der Waals surface area contributed by atoms with Gasteiger partial charge < -0.3 is 5.32 Å². The summed E-state index contributed by atoms with van der Waals surface area (Å²) >= 11 is 1.41. The first kappa shape index (κ1) is 12.3. The second kappa shape index (κ2) is 4.61. The van der Waals surface area contributed by atoms with Crippen molar-refractivity contribution >= 4 is 16.3 Å². The molecule has 0 saturated heterocycles. The standard InChI is InChI=1S/C9H9F4N3S/c10-7(11)9(12,13)5-14-3-6-4-16-1-2-17-8(16)15-6/h1-2,4,7,14H,3,5H2. The zero-order chi connectivity index (χ0) is 12.5. The number of nitrogens with zero attached hydrogens (tertiary/aromatic N) is 2. The van der Waals surface area contributed by atoms with Crippen molar-refractivity contribution in [1.29, 1.82) is 0 Å². The Kier molecular flexibility index (Phi) is 3.34. The molecule has 0 bridgehead atoms. The number of rotatable bonds is 5. The van der Waals surface area contributed by atoms with Crippen molar-refractivity contribution in [1.82, 2.24) is 14.7 Å². The number of thiazole rings is 1. The van der Waals surface area contributed by atoms with Gasteiger partial charge in [0, 0.05) is 24.3 Å². The van der Waals surface area contributed by atoms with Crippen LogP contribution in [0.2, 0.25) is 0 Å². The fourth-order valence-electron chi connectivity index (χ4n) is 1.30. The lowest BCUT2D eigenvalue weighted by Gasteiger charge is -2.15. The fraction of sp³-hybridized carbons (Fsp3) is 0.444. The van der Waals surface area contributed by atoms with E-state index in [-0.39, 0.29) is 6.54 Å². The zero-order valence-electron chi connectivity index (χ0n) is 8.54. The summed E-state index contributed by atoms with van der Waals surface area (Å²) in [6, 6.07) is 0. The Bertz CT molecular complexity index is 465. The van der Waals surface area contributed by atoms with Crippen molar-refractivity contribution in [2.45, 2.75) is 18.9 Å². The summed E-state index contributed by atoms with van der Waals surface area (Å²) in [7, 11) is 0. The van der Waals surface area contributed by atoms with E-state index in [1.165, 1.54) is 11.3 Å². The molecule has 0 radical (unpaired) electrons. The molecule has 0 amide bonds. The molecule has 2 rings (SSSR count). The highest BCUT2D eigenvalue weighted by atomic mass is 32.1. The fourth-order valence-corrected chi connectivity index (χ4v) is 2.01. The molecule has 94 valence electrons. The molecule has 0 fully saturated rings. The van der Waals surface area contributed by atoms with E-state index >= 15 is 0 Å². The monoisotopic (exact) mass is 267 g/mol. The topological polar surface area (TPSA) is 29.3 Å². The van der Waals surface area contributed by atoms with Crippen molar-refractivity contribution in [2.24, 2.45) is 0 Å². The molecular formula is C9H9F4N3S. The Morgan fingerprint density at radius 2 is 2.24 bits per heavy atom. The van der Waals surface area contributed by atoms with Gasteiger partial charge >= 0.3 is 12.3 Å². The molecule has 0 aromatic carbocycles. The molecule has 17 heavy (non-hydrogen) atoms. The number of hydrogen-bond donors (Lipinski definition) is 1. The molecule has 2 heterocycles. The SMILES string of the molecule is FC(F)C(F)(F)CNCc1cn2ccsc2n1. The van der Waals surface area contributed by atoms with Crippen molar-refractivity contribution < 1.29 is 17.6 Å². The van der Waals surface area contributed by atoms with Crippen LogP contribution in [0.1, 0.15) is 5.69 Å². The minimum atomic E-state index is -4.00. The van der Waals surface area contributed by atoms with E-state index in [0.29, 0.717) is 5.69 Å². The largest absolute Gasteiger partial charge is 0.319 e. The zero-order valence-corrected chi connectivity index (χ0v) is 9.35. The Labute approximate surface area is 98.1 Å². The van der Waals surface area contributed by atoms with Gasteiger partial charge in [0.05, 0.1) is 12.2 Å². The van der Waals surface area contributed by atoms with Crippen LogP contribution in [0.15, 0.2) is 17.8 Å². The van der Waals surface area contributed by atoms with Crippen LogP contribution >= 0.6 is 11.3 Å². The van der Waals surface area contributed by atoms with Gasteiger partial charge in [-0.25, -0.2) is 13.8 Å². The lowest BCUT2D eigenvalue weighted by molar-refractivity contribution is -0.125. The number of hydrogen-bond acceptors (Lipinski definition) is 3. The van der Waals surface area contributed by atoms with Crippen LogP contribution in [0, 0.1) is 0 Å². The Morgan fingerprint density at radius 3 is 2.88 bits per heavy atom. The highest BCUT2D eigenvalue weighted by molar-refractivity contribution is 7.15. The normalized spacial score (nSPS) is 12.8. The Balaban J connectivity index is 1.89. The summed E-state index contributed by atoms with van der Waals surface area (Å²) in [4.78, 5) is 4.86. The third-order valence-corrected chi connectivity index (χ3v) is 2.90. The maximum Gasteiger partial charge on any atom is 0.319 e. The van der Waals surface area contributed by atoms with Gasteiger partial charge in [0.2, 0.25) is 0 Å². The lowest BCUT2D eigenvalue weighted by Crippen LogP contribution is -2.38. The van der Waals surface area contributed by atoms with Gasteiger partial charge in [-0.2, -0.15) is 8.78 Å². The molecule has 0 aliphatic carbocycles. The van der Waals surface area contributed by atoms with E-state index in [1.807, 2.05) is 5.38 Å². The van der Waals surface area contributed by atoms with Gasteiger partial charge in [-0.3, -0.25) is 4.40 Å². The van der Waals surface area contributed by atoms with E-state index in [0.717, 1.165) is 4.96 Å². The molecule has 2 aromatic rings. The maximum atomic E-state index is 12.6. The van der Waals surface area contributed by atoms with Crippen LogP contribution in [0.5, 0.6) is 0 Å². The third-order valence-electron chi connectivity index (χ3n) is 2.13. The highest BCUT2D eigenvalue weighted by Crippen LogP contribution is 2.21. The van der Waals surface area contributed by atoms with Crippen molar-refractivity contribution in [3.05, 3.63) is 23.5 Å². The van der Waals surface area contributed by atoms with Crippen molar-refractivity contribution in [3.63, 3.8) is 0 Å². The van der Waals surface area contributed by atoms with Gasteiger partial charge in [-0.05, 0) is 0 Å². The van der Waals surface area contributed by atoms with Gasteiger partial charge in [0.25, 0.3) is 0 Å². The Morgan fingerprint density at radius 1 is 1.47 bits per heavy atom. The molecule has 0 aliphatic heterocycles. The van der Waals surface area contributed by atoms with Gasteiger partial charge in [0.1, 0.15) is 0 Å². The van der Waals surface area contributed by atoms with Crippen LogP contribution in [0.25, 0.3) is 4.96 Å². The summed E-state index contributed by atoms with van der Waals surface area (Å²) < 4.78 is 50.6. The quantitative estimate of drug-likeness (QED) is 0.843. The van der Waals surface area contributed by atoms with E-state index in [9.17, 15) is 17.6 Å². The summed E-state index contributed by atoms with van der Waals surface area (Å²) in [5.41, 5.74) is 0.543. The summed E-state index contributed by atoms with van der Waals surface area (Å²) in [5.74, 6) is -4.00. The first-order chi connectivity index (χ1) is 7.99. The maximum absolute atomic E-state index is 12.6. The number of halogens is 4. The third kappa shape index (κ3) is 2.75. The first-order valence-corrected chi connectivity index (χ1v) is 5.65. The highest BCUT2D eigenvalue weighted by Gasteiger charge is 2.39. The first-order valence-electron chi connectivity index (χ1n) is 4.77. The van der Waals surface area contributed by atoms with Crippen LogP contribution in [0.4, 0.5) is 17.6 Å². The number of fused-ring (bicyclic) bond motifs is 1. The van der Waals surface area contributed by atoms with Crippen LogP contribution in [-0.4, -0.2) is 28.3 Å². The van der Waals surface area contributed by atoms with Crippen molar-refractivity contribution in [2.75, 3.05) is 6.54 Å². The van der Waals surface area contributed by atoms with E-state index in [1.54, 1.807) is 16.8 Å². The number of aromatic nitrogens is 2. The van der Waals surface area contributed by atoms with E-state index in [2.05, 4.69) is 10.3 Å². The average molecular weight is 267 g/mol. The molecule has 0 unspecified atom stereocenters. The summed E-state index contributed by atoms with van der Waals surface area (Å²) in [5, 5.41) is 4.11. The van der Waals surface area contributed by atoms with Crippen molar-refractivity contribution in [3.8, 4) is 0 Å². The lowest BCUT2D eigenvalue weighted by atomic mass is 10.3. The van der Waals surface area contributed by atoms with E-state index in [4.69, 9.17) is 0 Å². The molecule has 0 atom stereocenters. The van der Waals surface area contributed by atoms with Gasteiger partial charge in [-0.15, -0.1) is 11.3 Å². The minimum Gasteiger partial charge on any atom is -0.305 e. The number of alkyl halides is 4. The number of imidazole rings is 1. The Hall–Kier alpha value is -1.15. The van der Waals surface area contributed by atoms with Crippen LogP contribution < -0.4 is 5.32 Å². The summed E-state index contributed by atoms with van der Waals surface area (Å²) in [6.45, 7) is -1.02. The molecule has 0 saturated carbocycles. The second-order valence-electron chi connectivity index (χ2n) is 3.49. The van der Waals surface area contributed by atoms with Crippen LogP contribution in [0.3, 0.4) is 0 Å². The van der Waals surface area contributed by atoms with Gasteiger partial charge in [-0.1, -0.05) is 0 Å². The molecule has 0 aliphatic rings. The molecule has 0 spiro atoms. The van der Waals surface area contributed by atoms with E-state index < -0.39 is 18.9 Å². The molecular weight excluding hydrogens is 258 g/mol. The smallest absolute Gasteiger partial charge is 0.305 e. The molecule has 8 heteroatoms. The number of nitrogens with one attached hydrogen (secondary N) is 1. The molecule has 3 nitrogen and oxygen atoms in total. The van der Waals surface area contributed by atoms with Crippen LogP contribution in [-0.2, 0) is 6.54 Å². The predicted molar refractivity (Wildman–Crippen MR) is 55.7 cm³/mol. The minimum absolute atomic E-state index is 0.0384. The van der Waals surface area contributed by atoms with Gasteiger partial charge in [0.15, 0.2) is 4.96 Å². The summed E-state index contributed by atoms with van der Waals surface area (Å²) in [6.07, 6.45) is -0.204. The molecule has 1 N–H and O–H groups in total. The molecule has 2 aromatic heterocycles. The predicted octanol–water partition coefficient (Wildman–Crippen LogP) is 2.39.